The van der Waals surface area contributed by atoms with Crippen LogP contribution in [0.4, 0.5) is 5.82 Å². The lowest BCUT2D eigenvalue weighted by molar-refractivity contribution is 0.882. The van der Waals surface area contributed by atoms with Crippen LogP contribution in [0.25, 0.3) is 28.1 Å². The molecule has 28 heavy (non-hydrogen) atoms. The van der Waals surface area contributed by atoms with Gasteiger partial charge in [-0.25, -0.2) is 4.68 Å². The van der Waals surface area contributed by atoms with E-state index in [0.29, 0.717) is 10.0 Å². The third-order valence-electron chi connectivity index (χ3n) is 5.01. The van der Waals surface area contributed by atoms with Crippen molar-refractivity contribution in [1.82, 2.24) is 9.78 Å². The summed E-state index contributed by atoms with van der Waals surface area (Å²) in [7, 11) is 0. The van der Waals surface area contributed by atoms with E-state index in [9.17, 15) is 0 Å². The van der Waals surface area contributed by atoms with Crippen LogP contribution in [-0.2, 0) is 6.42 Å². The maximum absolute atomic E-state index is 6.20. The molecular weight excluding hydrogens is 389 g/mol. The van der Waals surface area contributed by atoms with Gasteiger partial charge in [-0.1, -0.05) is 77.8 Å². The van der Waals surface area contributed by atoms with Crippen molar-refractivity contribution in [2.45, 2.75) is 6.42 Å². The first-order valence-corrected chi connectivity index (χ1v) is 9.93. The van der Waals surface area contributed by atoms with Gasteiger partial charge < -0.3 is 5.32 Å². The summed E-state index contributed by atoms with van der Waals surface area (Å²) in [5.41, 5.74) is 6.58. The molecule has 0 radical (unpaired) electrons. The third kappa shape index (κ3) is 3.07. The van der Waals surface area contributed by atoms with Crippen LogP contribution in [0.5, 0.6) is 0 Å². The number of nitrogens with zero attached hydrogens (tertiary/aromatic N) is 2. The number of hydrogen-bond donors (Lipinski definition) is 1. The van der Waals surface area contributed by atoms with Crippen molar-refractivity contribution in [2.75, 3.05) is 11.9 Å². The molecular formula is C23H17Cl2N3. The van der Waals surface area contributed by atoms with Crippen LogP contribution >= 0.6 is 23.2 Å². The van der Waals surface area contributed by atoms with E-state index in [1.165, 1.54) is 16.7 Å². The molecule has 1 N–H and O–H groups in total. The molecule has 0 saturated heterocycles. The van der Waals surface area contributed by atoms with Crippen molar-refractivity contribution in [2.24, 2.45) is 0 Å². The van der Waals surface area contributed by atoms with Crippen molar-refractivity contribution in [3.8, 4) is 28.1 Å². The van der Waals surface area contributed by atoms with Gasteiger partial charge in [0.25, 0.3) is 0 Å². The third-order valence-corrected chi connectivity index (χ3v) is 5.44. The van der Waals surface area contributed by atoms with Gasteiger partial charge in [0.1, 0.15) is 5.82 Å². The van der Waals surface area contributed by atoms with E-state index < -0.39 is 0 Å². The van der Waals surface area contributed by atoms with Crippen molar-refractivity contribution >= 4 is 29.0 Å². The lowest BCUT2D eigenvalue weighted by Gasteiger charge is -2.07. The molecule has 3 nitrogen and oxygen atoms in total. The predicted octanol–water partition coefficient (Wildman–Crippen LogP) is 6.48. The summed E-state index contributed by atoms with van der Waals surface area (Å²) >= 11 is 12.4. The quantitative estimate of drug-likeness (QED) is 0.422. The van der Waals surface area contributed by atoms with Crippen LogP contribution in [0.2, 0.25) is 10.0 Å². The summed E-state index contributed by atoms with van der Waals surface area (Å²) in [4.78, 5) is 0. The zero-order valence-electron chi connectivity index (χ0n) is 15.0. The minimum absolute atomic E-state index is 0.596. The average Bonchev–Trinajstić information content (AvgIpc) is 3.31. The molecule has 1 aliphatic rings. The summed E-state index contributed by atoms with van der Waals surface area (Å²) in [5.74, 6) is 1.01. The van der Waals surface area contributed by atoms with Crippen molar-refractivity contribution in [3.05, 3.63) is 88.4 Å². The molecule has 0 amide bonds. The normalized spacial score (nSPS) is 12.6. The highest BCUT2D eigenvalue weighted by molar-refractivity contribution is 6.34. The largest absolute Gasteiger partial charge is 0.369 e. The number of benzene rings is 3. The van der Waals surface area contributed by atoms with E-state index in [4.69, 9.17) is 28.3 Å². The summed E-state index contributed by atoms with van der Waals surface area (Å²) in [6.45, 7) is 0.899. The predicted molar refractivity (Wildman–Crippen MR) is 117 cm³/mol. The van der Waals surface area contributed by atoms with Gasteiger partial charge in [-0.2, -0.15) is 5.10 Å². The molecule has 5 rings (SSSR count). The maximum atomic E-state index is 6.20. The van der Waals surface area contributed by atoms with Gasteiger partial charge in [0.2, 0.25) is 0 Å². The minimum Gasteiger partial charge on any atom is -0.369 e. The Morgan fingerprint density at radius 3 is 2.14 bits per heavy atom. The molecule has 5 heteroatoms. The van der Waals surface area contributed by atoms with Crippen molar-refractivity contribution in [3.63, 3.8) is 0 Å². The fraction of sp³-hybridized carbons (Fsp3) is 0.0870. The fourth-order valence-electron chi connectivity index (χ4n) is 3.71. The second kappa shape index (κ2) is 7.01. The number of anilines is 1. The molecule has 0 bridgehead atoms. The summed E-state index contributed by atoms with van der Waals surface area (Å²) < 4.78 is 1.90. The highest BCUT2D eigenvalue weighted by atomic mass is 35.5. The standard InChI is InChI=1S/C23H17Cl2N3/c24-18-12-19(25)14-20(13-18)28-23-21(10-11-26-23)22(27-28)17-8-6-16(7-9-17)15-4-2-1-3-5-15/h1-9,12-14,26H,10-11H2. The summed E-state index contributed by atoms with van der Waals surface area (Å²) in [5, 5.41) is 9.53. The number of nitrogens with one attached hydrogen (secondary N) is 1. The van der Waals surface area contributed by atoms with E-state index in [-0.39, 0.29) is 0 Å². The van der Waals surface area contributed by atoms with Crippen LogP contribution in [-0.4, -0.2) is 16.3 Å². The zero-order valence-corrected chi connectivity index (χ0v) is 16.5. The number of halogens is 2. The molecule has 1 aromatic heterocycles. The second-order valence-corrected chi connectivity index (χ2v) is 7.71. The van der Waals surface area contributed by atoms with Crippen LogP contribution in [0.1, 0.15) is 5.56 Å². The SMILES string of the molecule is Clc1cc(Cl)cc(-n2nc(-c3ccc(-c4ccccc4)cc3)c3c2NCC3)c1. The smallest absolute Gasteiger partial charge is 0.133 e. The van der Waals surface area contributed by atoms with E-state index in [0.717, 1.165) is 35.7 Å². The fourth-order valence-corrected chi connectivity index (χ4v) is 4.22. The lowest BCUT2D eigenvalue weighted by Crippen LogP contribution is -2.04. The Bertz CT molecular complexity index is 1130. The Kier molecular flexibility index (Phi) is 4.34. The van der Waals surface area contributed by atoms with E-state index in [2.05, 4.69) is 53.8 Å². The molecule has 0 atom stereocenters. The van der Waals surface area contributed by atoms with E-state index >= 15 is 0 Å². The molecule has 3 aromatic carbocycles. The molecule has 4 aromatic rings. The van der Waals surface area contributed by atoms with Gasteiger partial charge in [0, 0.05) is 27.7 Å². The lowest BCUT2D eigenvalue weighted by atomic mass is 10.0. The molecule has 0 spiro atoms. The van der Waals surface area contributed by atoms with Gasteiger partial charge in [-0.15, -0.1) is 0 Å². The summed E-state index contributed by atoms with van der Waals surface area (Å²) in [6, 6.07) is 24.4. The first kappa shape index (κ1) is 17.4. The van der Waals surface area contributed by atoms with Crippen molar-refractivity contribution < 1.29 is 0 Å². The summed E-state index contributed by atoms with van der Waals surface area (Å²) in [6.07, 6.45) is 0.944. The van der Waals surface area contributed by atoms with Crippen LogP contribution in [0.15, 0.2) is 72.8 Å². The Morgan fingerprint density at radius 1 is 0.786 bits per heavy atom. The highest BCUT2D eigenvalue weighted by Gasteiger charge is 2.24. The first-order chi connectivity index (χ1) is 13.7. The molecule has 0 fully saturated rings. The number of rotatable bonds is 3. The van der Waals surface area contributed by atoms with Crippen molar-refractivity contribution in [1.29, 1.82) is 0 Å². The van der Waals surface area contributed by atoms with Gasteiger partial charge in [-0.3, -0.25) is 0 Å². The van der Waals surface area contributed by atoms with Crippen LogP contribution in [0, 0.1) is 0 Å². The first-order valence-electron chi connectivity index (χ1n) is 9.17. The minimum atomic E-state index is 0.596. The molecule has 0 aliphatic carbocycles. The zero-order chi connectivity index (χ0) is 19.1. The van der Waals surface area contributed by atoms with Gasteiger partial charge >= 0.3 is 0 Å². The Balaban J connectivity index is 1.58. The maximum Gasteiger partial charge on any atom is 0.133 e. The molecule has 138 valence electrons. The molecule has 1 aliphatic heterocycles. The monoisotopic (exact) mass is 405 g/mol. The highest BCUT2D eigenvalue weighted by Crippen LogP contribution is 2.36. The molecule has 0 saturated carbocycles. The average molecular weight is 406 g/mol. The van der Waals surface area contributed by atoms with E-state index in [1.54, 1.807) is 6.07 Å². The number of hydrogen-bond acceptors (Lipinski definition) is 2. The van der Waals surface area contributed by atoms with Gasteiger partial charge in [-0.05, 0) is 35.7 Å². The van der Waals surface area contributed by atoms with Gasteiger partial charge in [0.15, 0.2) is 0 Å². The second-order valence-electron chi connectivity index (χ2n) is 6.84. The van der Waals surface area contributed by atoms with E-state index in [1.807, 2.05) is 22.9 Å². The topological polar surface area (TPSA) is 29.9 Å². The molecule has 2 heterocycles. The van der Waals surface area contributed by atoms with Crippen LogP contribution < -0.4 is 5.32 Å². The van der Waals surface area contributed by atoms with Crippen LogP contribution in [0.3, 0.4) is 0 Å². The Morgan fingerprint density at radius 2 is 1.43 bits per heavy atom. The molecule has 0 unspecified atom stereocenters. The Labute approximate surface area is 173 Å². The number of aromatic nitrogens is 2. The Hall–Kier alpha value is -2.75. The van der Waals surface area contributed by atoms with Gasteiger partial charge in [0.05, 0.1) is 11.4 Å². The number of fused-ring (bicyclic) bond motifs is 1.